The summed E-state index contributed by atoms with van der Waals surface area (Å²) in [5, 5.41) is 0. The number of hydrogen-bond donors (Lipinski definition) is 0. The van der Waals surface area contributed by atoms with Crippen LogP contribution in [-0.4, -0.2) is 41.6 Å². The van der Waals surface area contributed by atoms with Crippen molar-refractivity contribution in [1.82, 2.24) is 4.90 Å². The predicted octanol–water partition coefficient (Wildman–Crippen LogP) is 5.85. The second-order valence-corrected chi connectivity index (χ2v) is 10.3. The van der Waals surface area contributed by atoms with Gasteiger partial charge in [-0.25, -0.2) is 0 Å². The third-order valence-corrected chi connectivity index (χ3v) is 8.53. The summed E-state index contributed by atoms with van der Waals surface area (Å²) in [6.07, 6.45) is 19.1. The Labute approximate surface area is 181 Å². The molecule has 2 aliphatic heterocycles. The highest BCUT2D eigenvalue weighted by Crippen LogP contribution is 2.47. The Bertz CT molecular complexity index is 727. The summed E-state index contributed by atoms with van der Waals surface area (Å²) < 4.78 is 13.8. The van der Waals surface area contributed by atoms with Crippen LogP contribution in [0.1, 0.15) is 89.9 Å². The van der Waals surface area contributed by atoms with Gasteiger partial charge >= 0.3 is 0 Å². The van der Waals surface area contributed by atoms with E-state index in [-0.39, 0.29) is 12.5 Å². The number of anilines is 1. The van der Waals surface area contributed by atoms with Crippen molar-refractivity contribution >= 4 is 5.69 Å². The van der Waals surface area contributed by atoms with Crippen molar-refractivity contribution < 1.29 is 9.47 Å². The molecular weight excluding hydrogens is 372 g/mol. The molecule has 0 aromatic heterocycles. The molecule has 6 rings (SSSR count). The summed E-state index contributed by atoms with van der Waals surface area (Å²) in [5.41, 5.74) is 1.27. The van der Waals surface area contributed by atoms with Crippen LogP contribution in [0.4, 0.5) is 5.69 Å². The molecule has 5 aliphatic rings. The van der Waals surface area contributed by atoms with Crippen LogP contribution in [0, 0.1) is 0 Å². The van der Waals surface area contributed by atoms with Gasteiger partial charge in [-0.3, -0.25) is 4.90 Å². The van der Waals surface area contributed by atoms with Gasteiger partial charge in [0.2, 0.25) is 0 Å². The summed E-state index contributed by atoms with van der Waals surface area (Å²) in [7, 11) is 0. The van der Waals surface area contributed by atoms with Gasteiger partial charge < -0.3 is 14.4 Å². The van der Waals surface area contributed by atoms with Crippen molar-refractivity contribution in [3.63, 3.8) is 0 Å². The lowest BCUT2D eigenvalue weighted by Crippen LogP contribution is -2.72. The van der Waals surface area contributed by atoms with Gasteiger partial charge in [-0.05, 0) is 50.7 Å². The molecule has 2 heterocycles. The highest BCUT2D eigenvalue weighted by Gasteiger charge is 2.53. The van der Waals surface area contributed by atoms with E-state index >= 15 is 0 Å². The topological polar surface area (TPSA) is 24.9 Å². The molecule has 0 N–H and O–H groups in total. The van der Waals surface area contributed by atoms with Gasteiger partial charge in [-0.15, -0.1) is 0 Å². The van der Waals surface area contributed by atoms with Crippen LogP contribution in [0.5, 0.6) is 5.75 Å². The fraction of sp³-hybridized carbons (Fsp3) is 0.769. The molecular formula is C26H38N2O2. The van der Waals surface area contributed by atoms with E-state index in [1.165, 1.54) is 95.6 Å². The standard InChI is InChI=1S/C26H38N2O2/c1-3-11-19(12-4-1)27-21-15-7-9-17-23(21)30-26-25(27)29-24-18-10-8-16-22(24)28(26)20-13-5-2-6-14-20/h7,9,15,17,19-20,22,24-26H,1-6,8,10-14,16,18H2. The second-order valence-electron chi connectivity index (χ2n) is 10.3. The van der Waals surface area contributed by atoms with E-state index in [0.29, 0.717) is 24.2 Å². The van der Waals surface area contributed by atoms with E-state index in [4.69, 9.17) is 9.47 Å². The molecule has 4 unspecified atom stereocenters. The molecule has 4 fully saturated rings. The molecule has 4 heteroatoms. The molecule has 4 atom stereocenters. The summed E-state index contributed by atoms with van der Waals surface area (Å²) in [6.45, 7) is 0. The molecule has 1 aromatic rings. The molecule has 0 amide bonds. The molecule has 3 aliphatic carbocycles. The Kier molecular flexibility index (Phi) is 5.41. The number of hydrogen-bond acceptors (Lipinski definition) is 4. The number of nitrogens with zero attached hydrogens (tertiary/aromatic N) is 2. The van der Waals surface area contributed by atoms with Crippen molar-refractivity contribution in [2.45, 2.75) is 127 Å². The first-order chi connectivity index (χ1) is 14.9. The molecule has 0 spiro atoms. The molecule has 0 radical (unpaired) electrons. The number of morpholine rings is 1. The lowest BCUT2D eigenvalue weighted by atomic mass is 9.84. The van der Waals surface area contributed by atoms with Crippen LogP contribution in [0.2, 0.25) is 0 Å². The van der Waals surface area contributed by atoms with Gasteiger partial charge in [0.25, 0.3) is 0 Å². The van der Waals surface area contributed by atoms with Gasteiger partial charge in [0.1, 0.15) is 5.75 Å². The first-order valence-electron chi connectivity index (χ1n) is 12.9. The maximum absolute atomic E-state index is 7.00. The minimum Gasteiger partial charge on any atom is -0.468 e. The number of rotatable bonds is 2. The van der Waals surface area contributed by atoms with Crippen LogP contribution >= 0.6 is 0 Å². The maximum Gasteiger partial charge on any atom is 0.198 e. The fourth-order valence-electron chi connectivity index (χ4n) is 7.14. The zero-order chi connectivity index (χ0) is 19.9. The summed E-state index contributed by atoms with van der Waals surface area (Å²) >= 11 is 0. The van der Waals surface area contributed by atoms with Gasteiger partial charge in [-0.2, -0.15) is 0 Å². The van der Waals surface area contributed by atoms with Gasteiger partial charge in [0.05, 0.1) is 11.8 Å². The van der Waals surface area contributed by atoms with Crippen molar-refractivity contribution in [3.05, 3.63) is 24.3 Å². The van der Waals surface area contributed by atoms with Gasteiger partial charge in [-0.1, -0.05) is 63.5 Å². The van der Waals surface area contributed by atoms with Crippen molar-refractivity contribution in [1.29, 1.82) is 0 Å². The average Bonchev–Trinajstić information content (AvgIpc) is 2.82. The quantitative estimate of drug-likeness (QED) is 0.611. The Morgan fingerprint density at radius 2 is 1.33 bits per heavy atom. The van der Waals surface area contributed by atoms with Crippen LogP contribution < -0.4 is 9.64 Å². The van der Waals surface area contributed by atoms with Gasteiger partial charge in [0.15, 0.2) is 12.5 Å². The zero-order valence-electron chi connectivity index (χ0n) is 18.4. The third kappa shape index (κ3) is 3.35. The van der Waals surface area contributed by atoms with E-state index in [1.807, 2.05) is 0 Å². The SMILES string of the molecule is c1ccc2c(c1)OC1C(OC3CCCCC3N1C1CCCCC1)N2C1CCCCC1. The molecule has 30 heavy (non-hydrogen) atoms. The van der Waals surface area contributed by atoms with Crippen LogP contribution in [0.3, 0.4) is 0 Å². The number of fused-ring (bicyclic) bond motifs is 3. The average molecular weight is 411 g/mol. The van der Waals surface area contributed by atoms with Crippen molar-refractivity contribution in [3.8, 4) is 5.75 Å². The summed E-state index contributed by atoms with van der Waals surface area (Å²) in [5.74, 6) is 1.07. The van der Waals surface area contributed by atoms with E-state index in [2.05, 4.69) is 34.1 Å². The highest BCUT2D eigenvalue weighted by atomic mass is 16.6. The first kappa shape index (κ1) is 19.4. The Morgan fingerprint density at radius 3 is 2.13 bits per heavy atom. The van der Waals surface area contributed by atoms with E-state index in [0.717, 1.165) is 5.75 Å². The summed E-state index contributed by atoms with van der Waals surface area (Å²) in [6, 6.07) is 10.6. The number of para-hydroxylation sites is 2. The van der Waals surface area contributed by atoms with Gasteiger partial charge in [0, 0.05) is 18.1 Å². The Hall–Kier alpha value is -1.26. The molecule has 1 aromatic carbocycles. The third-order valence-electron chi connectivity index (χ3n) is 8.53. The lowest BCUT2D eigenvalue weighted by Gasteiger charge is -2.59. The highest BCUT2D eigenvalue weighted by molar-refractivity contribution is 5.61. The summed E-state index contributed by atoms with van der Waals surface area (Å²) in [4.78, 5) is 5.51. The van der Waals surface area contributed by atoms with E-state index in [1.54, 1.807) is 0 Å². The van der Waals surface area contributed by atoms with Crippen molar-refractivity contribution in [2.75, 3.05) is 4.90 Å². The molecule has 164 valence electrons. The minimum absolute atomic E-state index is 0.0456. The number of benzene rings is 1. The molecule has 4 nitrogen and oxygen atoms in total. The van der Waals surface area contributed by atoms with Crippen LogP contribution in [-0.2, 0) is 4.74 Å². The van der Waals surface area contributed by atoms with Crippen molar-refractivity contribution in [2.24, 2.45) is 0 Å². The Morgan fingerprint density at radius 1 is 0.667 bits per heavy atom. The predicted molar refractivity (Wildman–Crippen MR) is 120 cm³/mol. The Balaban J connectivity index is 1.40. The van der Waals surface area contributed by atoms with E-state index < -0.39 is 0 Å². The number of ether oxygens (including phenoxy) is 2. The lowest BCUT2D eigenvalue weighted by molar-refractivity contribution is -0.233. The van der Waals surface area contributed by atoms with Crippen LogP contribution in [0.15, 0.2) is 24.3 Å². The minimum atomic E-state index is 0.0456. The molecule has 0 bridgehead atoms. The molecule has 3 saturated carbocycles. The largest absolute Gasteiger partial charge is 0.468 e. The van der Waals surface area contributed by atoms with E-state index in [9.17, 15) is 0 Å². The molecule has 1 saturated heterocycles. The first-order valence-corrected chi connectivity index (χ1v) is 12.9. The smallest absolute Gasteiger partial charge is 0.198 e. The van der Waals surface area contributed by atoms with Crippen LogP contribution in [0.25, 0.3) is 0 Å². The zero-order valence-corrected chi connectivity index (χ0v) is 18.4. The monoisotopic (exact) mass is 410 g/mol. The fourth-order valence-corrected chi connectivity index (χ4v) is 7.14. The maximum atomic E-state index is 7.00. The normalized spacial score (nSPS) is 35.8. The second kappa shape index (κ2) is 8.35.